The Morgan fingerprint density at radius 3 is 2.13 bits per heavy atom. The molecule has 1 aromatic rings. The van der Waals surface area contributed by atoms with E-state index < -0.39 is 0 Å². The van der Waals surface area contributed by atoms with E-state index in [4.69, 9.17) is 0 Å². The van der Waals surface area contributed by atoms with Crippen molar-refractivity contribution in [1.29, 1.82) is 0 Å². The van der Waals surface area contributed by atoms with Gasteiger partial charge in [0.1, 0.15) is 0 Å². The van der Waals surface area contributed by atoms with Crippen LogP contribution in [0.4, 0.5) is 0 Å². The molecule has 0 bridgehead atoms. The summed E-state index contributed by atoms with van der Waals surface area (Å²) >= 11 is 3.67. The Kier molecular flexibility index (Phi) is 5.38. The van der Waals surface area contributed by atoms with Crippen LogP contribution in [0.15, 0.2) is 24.3 Å². The molecule has 0 N–H and O–H groups in total. The molecule has 0 aliphatic carbocycles. The van der Waals surface area contributed by atoms with Gasteiger partial charge in [-0.1, -0.05) is 61.0 Å². The summed E-state index contributed by atoms with van der Waals surface area (Å²) in [5, 5.41) is 0. The molecule has 0 saturated carbocycles. The van der Waals surface area contributed by atoms with Gasteiger partial charge in [0, 0.05) is 4.83 Å². The van der Waals surface area contributed by atoms with Gasteiger partial charge in [-0.15, -0.1) is 0 Å². The van der Waals surface area contributed by atoms with Crippen LogP contribution in [0.25, 0.3) is 0 Å². The second kappa shape index (κ2) is 6.32. The minimum absolute atomic E-state index is 0.618. The zero-order valence-corrected chi connectivity index (χ0v) is 11.5. The first kappa shape index (κ1) is 12.8. The molecule has 1 heteroatoms. The van der Waals surface area contributed by atoms with Crippen LogP contribution in [0, 0.1) is 0 Å². The molecule has 84 valence electrons. The molecular formula is C14H21Br. The molecule has 2 atom stereocenters. The number of benzene rings is 1. The SMILES string of the molecule is CCC(Br)Cc1ccc(C(C)CC)cc1. The molecule has 15 heavy (non-hydrogen) atoms. The number of halogens is 1. The van der Waals surface area contributed by atoms with Gasteiger partial charge in [0.25, 0.3) is 0 Å². The van der Waals surface area contributed by atoms with E-state index in [0.29, 0.717) is 10.7 Å². The van der Waals surface area contributed by atoms with Crippen LogP contribution in [-0.2, 0) is 6.42 Å². The smallest absolute Gasteiger partial charge is 0.0183 e. The van der Waals surface area contributed by atoms with E-state index in [1.165, 1.54) is 24.0 Å². The third kappa shape index (κ3) is 3.98. The molecule has 0 saturated heterocycles. The number of rotatable bonds is 5. The standard InChI is InChI=1S/C14H21Br/c1-4-11(3)13-8-6-12(7-9-13)10-14(15)5-2/h6-9,11,14H,4-5,10H2,1-3H3. The molecule has 0 radical (unpaired) electrons. The fraction of sp³-hybridized carbons (Fsp3) is 0.571. The van der Waals surface area contributed by atoms with E-state index in [1.807, 2.05) is 0 Å². The van der Waals surface area contributed by atoms with E-state index >= 15 is 0 Å². The lowest BCUT2D eigenvalue weighted by molar-refractivity contribution is 0.732. The highest BCUT2D eigenvalue weighted by Crippen LogP contribution is 2.20. The highest BCUT2D eigenvalue weighted by atomic mass is 79.9. The largest absolute Gasteiger partial charge is 0.0887 e. The molecule has 0 fully saturated rings. The molecule has 0 aliphatic rings. The van der Waals surface area contributed by atoms with Crippen molar-refractivity contribution in [3.8, 4) is 0 Å². The highest BCUT2D eigenvalue weighted by molar-refractivity contribution is 9.09. The Morgan fingerprint density at radius 1 is 1.07 bits per heavy atom. The lowest BCUT2D eigenvalue weighted by Crippen LogP contribution is -2.00. The van der Waals surface area contributed by atoms with Crippen LogP contribution in [0.3, 0.4) is 0 Å². The van der Waals surface area contributed by atoms with Gasteiger partial charge in [-0.25, -0.2) is 0 Å². The monoisotopic (exact) mass is 268 g/mol. The molecule has 0 spiro atoms. The molecule has 0 amide bonds. The van der Waals surface area contributed by atoms with Crippen LogP contribution in [0.2, 0.25) is 0 Å². The molecule has 0 aliphatic heterocycles. The fourth-order valence-corrected chi connectivity index (χ4v) is 1.99. The molecule has 0 heterocycles. The van der Waals surface area contributed by atoms with Gasteiger partial charge in [-0.05, 0) is 36.3 Å². The summed E-state index contributed by atoms with van der Waals surface area (Å²) in [5.74, 6) is 0.685. The Hall–Kier alpha value is -0.300. The van der Waals surface area contributed by atoms with Crippen LogP contribution in [0.1, 0.15) is 50.7 Å². The van der Waals surface area contributed by atoms with Gasteiger partial charge in [-0.3, -0.25) is 0 Å². The molecule has 2 unspecified atom stereocenters. The third-order valence-corrected chi connectivity index (χ3v) is 4.03. The fourth-order valence-electron chi connectivity index (χ4n) is 1.62. The van der Waals surface area contributed by atoms with Crippen LogP contribution in [0.5, 0.6) is 0 Å². The van der Waals surface area contributed by atoms with E-state index in [1.54, 1.807) is 0 Å². The lowest BCUT2D eigenvalue weighted by Gasteiger charge is -2.11. The summed E-state index contributed by atoms with van der Waals surface area (Å²) in [7, 11) is 0. The Labute approximate surface area is 102 Å². The topological polar surface area (TPSA) is 0 Å². The first-order chi connectivity index (χ1) is 7.17. The predicted octanol–water partition coefficient (Wildman–Crippen LogP) is 4.92. The van der Waals surface area contributed by atoms with Crippen molar-refractivity contribution in [2.45, 2.75) is 50.8 Å². The highest BCUT2D eigenvalue weighted by Gasteiger charge is 2.05. The minimum atomic E-state index is 0.618. The normalized spacial score (nSPS) is 14.9. The second-order valence-electron chi connectivity index (χ2n) is 4.26. The number of alkyl halides is 1. The van der Waals surface area contributed by atoms with E-state index in [-0.39, 0.29) is 0 Å². The Morgan fingerprint density at radius 2 is 1.67 bits per heavy atom. The van der Waals surface area contributed by atoms with Crippen molar-refractivity contribution >= 4 is 15.9 Å². The van der Waals surface area contributed by atoms with Crippen molar-refractivity contribution in [3.63, 3.8) is 0 Å². The van der Waals surface area contributed by atoms with Gasteiger partial charge in [0.2, 0.25) is 0 Å². The summed E-state index contributed by atoms with van der Waals surface area (Å²) in [4.78, 5) is 0.618. The van der Waals surface area contributed by atoms with E-state index in [9.17, 15) is 0 Å². The minimum Gasteiger partial charge on any atom is -0.0887 e. The summed E-state index contributed by atoms with van der Waals surface area (Å²) in [5.41, 5.74) is 2.90. The van der Waals surface area contributed by atoms with Gasteiger partial charge in [0.05, 0.1) is 0 Å². The maximum Gasteiger partial charge on any atom is 0.0183 e. The Bertz CT molecular complexity index is 276. The first-order valence-electron chi connectivity index (χ1n) is 5.90. The molecular weight excluding hydrogens is 248 g/mol. The van der Waals surface area contributed by atoms with Crippen molar-refractivity contribution in [2.24, 2.45) is 0 Å². The van der Waals surface area contributed by atoms with Crippen LogP contribution >= 0.6 is 15.9 Å². The first-order valence-corrected chi connectivity index (χ1v) is 6.81. The average molecular weight is 269 g/mol. The van der Waals surface area contributed by atoms with Crippen molar-refractivity contribution in [3.05, 3.63) is 35.4 Å². The summed E-state index contributed by atoms with van der Waals surface area (Å²) in [6.45, 7) is 6.74. The summed E-state index contributed by atoms with van der Waals surface area (Å²) in [6.07, 6.45) is 3.54. The predicted molar refractivity (Wildman–Crippen MR) is 71.9 cm³/mol. The van der Waals surface area contributed by atoms with Crippen molar-refractivity contribution < 1.29 is 0 Å². The zero-order valence-electron chi connectivity index (χ0n) is 9.96. The van der Waals surface area contributed by atoms with Crippen LogP contribution < -0.4 is 0 Å². The van der Waals surface area contributed by atoms with Crippen molar-refractivity contribution in [2.75, 3.05) is 0 Å². The number of hydrogen-bond acceptors (Lipinski definition) is 0. The van der Waals surface area contributed by atoms with Gasteiger partial charge < -0.3 is 0 Å². The Balaban J connectivity index is 2.64. The van der Waals surface area contributed by atoms with Crippen molar-refractivity contribution in [1.82, 2.24) is 0 Å². The molecule has 0 aromatic heterocycles. The quantitative estimate of drug-likeness (QED) is 0.666. The number of hydrogen-bond donors (Lipinski definition) is 0. The molecule has 1 rings (SSSR count). The average Bonchev–Trinajstić information content (AvgIpc) is 2.29. The van der Waals surface area contributed by atoms with Gasteiger partial charge in [-0.2, -0.15) is 0 Å². The summed E-state index contributed by atoms with van der Waals surface area (Å²) in [6, 6.07) is 9.09. The molecule has 1 aromatic carbocycles. The van der Waals surface area contributed by atoms with Gasteiger partial charge in [0.15, 0.2) is 0 Å². The van der Waals surface area contributed by atoms with E-state index in [2.05, 4.69) is 61.0 Å². The lowest BCUT2D eigenvalue weighted by atomic mass is 9.96. The maximum atomic E-state index is 3.67. The molecule has 0 nitrogen and oxygen atoms in total. The summed E-state index contributed by atoms with van der Waals surface area (Å²) < 4.78 is 0. The third-order valence-electron chi connectivity index (χ3n) is 3.06. The van der Waals surface area contributed by atoms with Crippen LogP contribution in [-0.4, -0.2) is 4.83 Å². The second-order valence-corrected chi connectivity index (χ2v) is 5.56. The zero-order chi connectivity index (χ0) is 11.3. The maximum absolute atomic E-state index is 3.67. The van der Waals surface area contributed by atoms with E-state index in [0.717, 1.165) is 6.42 Å². The van der Waals surface area contributed by atoms with Gasteiger partial charge >= 0.3 is 0 Å².